The lowest BCUT2D eigenvalue weighted by Crippen LogP contribution is -2.44. The molecule has 164 valence electrons. The molecule has 4 nitrogen and oxygen atoms in total. The molecular weight excluding hydrogens is 406 g/mol. The van der Waals surface area contributed by atoms with E-state index < -0.39 is 0 Å². The van der Waals surface area contributed by atoms with Crippen LogP contribution in [0, 0.1) is 19.8 Å². The zero-order chi connectivity index (χ0) is 22.5. The van der Waals surface area contributed by atoms with Crippen molar-refractivity contribution < 1.29 is 4.79 Å². The highest BCUT2D eigenvalue weighted by molar-refractivity contribution is 6.30. The van der Waals surface area contributed by atoms with E-state index in [0.717, 1.165) is 33.1 Å². The standard InChI is InChI=1S/C26H32ClN3O/c1-18(2)21(5)30(26(31)28-25-19(3)9-6-10-20(25)4)17-24-13-8-14-29(24)16-22-11-7-12-23(27)15-22/h6-15,18,21H,16-17H2,1-5H3,(H,28,31). The number of amides is 2. The second kappa shape index (κ2) is 10.1. The summed E-state index contributed by atoms with van der Waals surface area (Å²) in [5, 5.41) is 3.89. The summed E-state index contributed by atoms with van der Waals surface area (Å²) in [7, 11) is 0. The van der Waals surface area contributed by atoms with Crippen molar-refractivity contribution in [2.45, 2.75) is 53.8 Å². The molecule has 0 radical (unpaired) electrons. The third-order valence-electron chi connectivity index (χ3n) is 5.93. The number of hydrogen-bond donors (Lipinski definition) is 1. The van der Waals surface area contributed by atoms with Crippen LogP contribution in [0.25, 0.3) is 0 Å². The van der Waals surface area contributed by atoms with Gasteiger partial charge in [-0.3, -0.25) is 0 Å². The topological polar surface area (TPSA) is 37.3 Å². The fourth-order valence-electron chi connectivity index (χ4n) is 3.70. The number of benzene rings is 2. The molecule has 1 heterocycles. The van der Waals surface area contributed by atoms with Crippen LogP contribution < -0.4 is 5.32 Å². The summed E-state index contributed by atoms with van der Waals surface area (Å²) < 4.78 is 2.18. The number of para-hydroxylation sites is 1. The van der Waals surface area contributed by atoms with Crippen LogP contribution in [0.1, 0.15) is 43.2 Å². The fraction of sp³-hybridized carbons (Fsp3) is 0.346. The van der Waals surface area contributed by atoms with Gasteiger partial charge in [-0.15, -0.1) is 0 Å². The van der Waals surface area contributed by atoms with Crippen LogP contribution in [-0.2, 0) is 13.1 Å². The Labute approximate surface area is 190 Å². The van der Waals surface area contributed by atoms with Gasteiger partial charge in [0.15, 0.2) is 0 Å². The third kappa shape index (κ3) is 5.71. The molecule has 1 N–H and O–H groups in total. The van der Waals surface area contributed by atoms with E-state index in [1.54, 1.807) is 0 Å². The second-order valence-electron chi connectivity index (χ2n) is 8.57. The molecule has 0 saturated heterocycles. The van der Waals surface area contributed by atoms with Gasteiger partial charge >= 0.3 is 6.03 Å². The van der Waals surface area contributed by atoms with E-state index in [1.165, 1.54) is 0 Å². The number of halogens is 1. The molecule has 3 rings (SSSR count). The summed E-state index contributed by atoms with van der Waals surface area (Å²) in [6, 6.07) is 18.1. The minimum atomic E-state index is -0.0749. The van der Waals surface area contributed by atoms with Gasteiger partial charge in [0, 0.05) is 35.2 Å². The summed E-state index contributed by atoms with van der Waals surface area (Å²) in [5.41, 5.74) is 5.24. The van der Waals surface area contributed by atoms with Crippen molar-refractivity contribution in [2.24, 2.45) is 5.92 Å². The van der Waals surface area contributed by atoms with Crippen LogP contribution >= 0.6 is 11.6 Å². The van der Waals surface area contributed by atoms with Crippen LogP contribution in [0.5, 0.6) is 0 Å². The number of carbonyl (C=O) groups excluding carboxylic acids is 1. The molecule has 0 aliphatic rings. The maximum atomic E-state index is 13.4. The first-order valence-electron chi connectivity index (χ1n) is 10.8. The Morgan fingerprint density at radius 3 is 2.35 bits per heavy atom. The second-order valence-corrected chi connectivity index (χ2v) is 9.00. The van der Waals surface area contributed by atoms with Crippen molar-refractivity contribution in [1.29, 1.82) is 0 Å². The lowest BCUT2D eigenvalue weighted by atomic mass is 10.0. The lowest BCUT2D eigenvalue weighted by molar-refractivity contribution is 0.168. The van der Waals surface area contributed by atoms with Crippen molar-refractivity contribution in [2.75, 3.05) is 5.32 Å². The Bertz CT molecular complexity index is 1020. The summed E-state index contributed by atoms with van der Waals surface area (Å²) in [6.45, 7) is 11.7. The number of aryl methyl sites for hydroxylation is 2. The predicted octanol–water partition coefficient (Wildman–Crippen LogP) is 6.89. The number of nitrogens with zero attached hydrogens (tertiary/aromatic N) is 2. The van der Waals surface area contributed by atoms with Gasteiger partial charge in [0.25, 0.3) is 0 Å². The maximum Gasteiger partial charge on any atom is 0.322 e. The van der Waals surface area contributed by atoms with Gasteiger partial charge in [-0.1, -0.05) is 55.8 Å². The molecular formula is C26H32ClN3O. The average molecular weight is 438 g/mol. The minimum Gasteiger partial charge on any atom is -0.345 e. The molecule has 31 heavy (non-hydrogen) atoms. The van der Waals surface area contributed by atoms with Crippen LogP contribution in [-0.4, -0.2) is 21.5 Å². The molecule has 1 unspecified atom stereocenters. The number of rotatable bonds is 7. The van der Waals surface area contributed by atoms with Crippen molar-refractivity contribution in [3.8, 4) is 0 Å². The SMILES string of the molecule is Cc1cccc(C)c1NC(=O)N(Cc1cccn1Cc1cccc(Cl)c1)C(C)C(C)C. The van der Waals surface area contributed by atoms with E-state index in [0.29, 0.717) is 19.0 Å². The van der Waals surface area contributed by atoms with E-state index in [-0.39, 0.29) is 12.1 Å². The first kappa shape index (κ1) is 23.0. The van der Waals surface area contributed by atoms with Gasteiger partial charge < -0.3 is 14.8 Å². The Kier molecular flexibility index (Phi) is 7.45. The molecule has 1 atom stereocenters. The normalized spacial score (nSPS) is 12.1. The molecule has 0 bridgehead atoms. The first-order valence-corrected chi connectivity index (χ1v) is 11.2. The van der Waals surface area contributed by atoms with Crippen LogP contribution in [0.3, 0.4) is 0 Å². The van der Waals surface area contributed by atoms with Crippen molar-refractivity contribution in [3.63, 3.8) is 0 Å². The first-order chi connectivity index (χ1) is 14.8. The quantitative estimate of drug-likeness (QED) is 0.429. The molecule has 0 fully saturated rings. The highest BCUT2D eigenvalue weighted by atomic mass is 35.5. The lowest BCUT2D eigenvalue weighted by Gasteiger charge is -2.32. The van der Waals surface area contributed by atoms with E-state index in [9.17, 15) is 4.79 Å². The number of anilines is 1. The van der Waals surface area contributed by atoms with Gasteiger partial charge in [0.2, 0.25) is 0 Å². The van der Waals surface area contributed by atoms with Crippen LogP contribution in [0.4, 0.5) is 10.5 Å². The van der Waals surface area contributed by atoms with Gasteiger partial charge in [-0.2, -0.15) is 0 Å². The molecule has 2 aromatic carbocycles. The highest BCUT2D eigenvalue weighted by Gasteiger charge is 2.24. The Morgan fingerprint density at radius 2 is 1.71 bits per heavy atom. The molecule has 0 spiro atoms. The van der Waals surface area contributed by atoms with Crippen molar-refractivity contribution >= 4 is 23.3 Å². The number of urea groups is 1. The molecule has 3 aromatic rings. The fourth-order valence-corrected chi connectivity index (χ4v) is 3.92. The summed E-state index contributed by atoms with van der Waals surface area (Å²) in [4.78, 5) is 15.3. The maximum absolute atomic E-state index is 13.4. The molecule has 0 saturated carbocycles. The van der Waals surface area contributed by atoms with Gasteiger partial charge in [-0.05, 0) is 67.6 Å². The monoisotopic (exact) mass is 437 g/mol. The zero-order valence-corrected chi connectivity index (χ0v) is 19.8. The summed E-state index contributed by atoms with van der Waals surface area (Å²) in [5.74, 6) is 0.333. The third-order valence-corrected chi connectivity index (χ3v) is 6.16. The van der Waals surface area contributed by atoms with E-state index in [4.69, 9.17) is 11.6 Å². The van der Waals surface area contributed by atoms with E-state index in [1.807, 2.05) is 61.2 Å². The largest absolute Gasteiger partial charge is 0.345 e. The van der Waals surface area contributed by atoms with Crippen LogP contribution in [0.15, 0.2) is 60.8 Å². The molecule has 1 aromatic heterocycles. The Hall–Kier alpha value is -2.72. The Morgan fingerprint density at radius 1 is 1.03 bits per heavy atom. The van der Waals surface area contributed by atoms with E-state index >= 15 is 0 Å². The van der Waals surface area contributed by atoms with Crippen molar-refractivity contribution in [3.05, 3.63) is 88.2 Å². The summed E-state index contributed by atoms with van der Waals surface area (Å²) >= 11 is 6.16. The number of aromatic nitrogens is 1. The van der Waals surface area contributed by atoms with Gasteiger partial charge in [-0.25, -0.2) is 4.79 Å². The van der Waals surface area contributed by atoms with Crippen molar-refractivity contribution in [1.82, 2.24) is 9.47 Å². The number of carbonyl (C=O) groups is 1. The Balaban J connectivity index is 1.84. The summed E-state index contributed by atoms with van der Waals surface area (Å²) in [6.07, 6.45) is 2.05. The van der Waals surface area contributed by atoms with E-state index in [2.05, 4.69) is 49.0 Å². The van der Waals surface area contributed by atoms with Gasteiger partial charge in [0.05, 0.1) is 6.54 Å². The van der Waals surface area contributed by atoms with Crippen LogP contribution in [0.2, 0.25) is 5.02 Å². The molecule has 0 aliphatic heterocycles. The smallest absolute Gasteiger partial charge is 0.322 e. The number of nitrogens with one attached hydrogen (secondary N) is 1. The minimum absolute atomic E-state index is 0.0749. The predicted molar refractivity (Wildman–Crippen MR) is 130 cm³/mol. The van der Waals surface area contributed by atoms with Gasteiger partial charge in [0.1, 0.15) is 0 Å². The molecule has 0 aliphatic carbocycles. The highest BCUT2D eigenvalue weighted by Crippen LogP contribution is 2.23. The average Bonchev–Trinajstić information content (AvgIpc) is 3.15. The molecule has 2 amide bonds. The molecule has 5 heteroatoms. The zero-order valence-electron chi connectivity index (χ0n) is 19.0. The number of hydrogen-bond acceptors (Lipinski definition) is 1.